The molecule has 2 aliphatic rings. The number of benzene rings is 1. The number of likely N-dealkylation sites (tertiary alicyclic amines) is 1. The summed E-state index contributed by atoms with van der Waals surface area (Å²) in [7, 11) is 0. The zero-order valence-electron chi connectivity index (χ0n) is 13.2. The summed E-state index contributed by atoms with van der Waals surface area (Å²) in [5, 5.41) is 29.0. The van der Waals surface area contributed by atoms with E-state index in [0.29, 0.717) is 19.7 Å². The van der Waals surface area contributed by atoms with Crippen LogP contribution >= 0.6 is 0 Å². The Kier molecular flexibility index (Phi) is 5.50. The van der Waals surface area contributed by atoms with Gasteiger partial charge in [-0.3, -0.25) is 4.90 Å². The molecule has 6 nitrogen and oxygen atoms in total. The SMILES string of the molecule is O[C@H]1[C@H](O)CN(CCc2ccc(OC3CCOC3)cc2)C[C@@H]1O. The first kappa shape index (κ1) is 16.7. The van der Waals surface area contributed by atoms with E-state index >= 15 is 0 Å². The average molecular weight is 323 g/mol. The van der Waals surface area contributed by atoms with E-state index in [1.807, 2.05) is 29.2 Å². The fraction of sp³-hybridized carbons (Fsp3) is 0.647. The lowest BCUT2D eigenvalue weighted by molar-refractivity contribution is -0.109. The first-order chi connectivity index (χ1) is 11.1. The average Bonchev–Trinajstić information content (AvgIpc) is 3.05. The fourth-order valence-electron chi connectivity index (χ4n) is 3.08. The number of hydrogen-bond acceptors (Lipinski definition) is 6. The molecule has 0 spiro atoms. The van der Waals surface area contributed by atoms with Crippen molar-refractivity contribution in [3.05, 3.63) is 29.8 Å². The van der Waals surface area contributed by atoms with Gasteiger partial charge in [0.25, 0.3) is 0 Å². The summed E-state index contributed by atoms with van der Waals surface area (Å²) >= 11 is 0. The molecule has 0 saturated carbocycles. The molecule has 0 aliphatic carbocycles. The van der Waals surface area contributed by atoms with Crippen LogP contribution in [0.5, 0.6) is 5.75 Å². The lowest BCUT2D eigenvalue weighted by Crippen LogP contribution is -2.55. The summed E-state index contributed by atoms with van der Waals surface area (Å²) in [6.45, 7) is 2.94. The van der Waals surface area contributed by atoms with Crippen molar-refractivity contribution >= 4 is 0 Å². The van der Waals surface area contributed by atoms with Crippen molar-refractivity contribution in [1.29, 1.82) is 0 Å². The van der Waals surface area contributed by atoms with Crippen LogP contribution in [0, 0.1) is 0 Å². The standard InChI is InChI=1S/C17H25NO5/c19-15-9-18(10-16(20)17(15)21)7-5-12-1-3-13(4-2-12)23-14-6-8-22-11-14/h1-4,14-17,19-21H,5-11H2/t14?,15-,16+,17+. The molecule has 4 atom stereocenters. The highest BCUT2D eigenvalue weighted by molar-refractivity contribution is 5.27. The molecule has 0 amide bonds. The molecule has 3 rings (SSSR count). The van der Waals surface area contributed by atoms with Crippen LogP contribution in [0.15, 0.2) is 24.3 Å². The first-order valence-electron chi connectivity index (χ1n) is 8.22. The van der Waals surface area contributed by atoms with Gasteiger partial charge < -0.3 is 24.8 Å². The van der Waals surface area contributed by atoms with E-state index in [1.165, 1.54) is 5.56 Å². The Morgan fingerprint density at radius 2 is 1.78 bits per heavy atom. The van der Waals surface area contributed by atoms with Crippen LogP contribution in [-0.4, -0.2) is 77.5 Å². The van der Waals surface area contributed by atoms with Crippen LogP contribution < -0.4 is 4.74 Å². The molecule has 3 N–H and O–H groups in total. The highest BCUT2D eigenvalue weighted by atomic mass is 16.5. The number of rotatable bonds is 5. The maximum atomic E-state index is 9.71. The van der Waals surface area contributed by atoms with Gasteiger partial charge in [0.1, 0.15) is 18.0 Å². The number of aliphatic hydroxyl groups excluding tert-OH is 3. The molecule has 0 radical (unpaired) electrons. The number of piperidine rings is 1. The van der Waals surface area contributed by atoms with Crippen LogP contribution in [0.1, 0.15) is 12.0 Å². The van der Waals surface area contributed by atoms with Crippen molar-refractivity contribution in [3.8, 4) is 5.75 Å². The van der Waals surface area contributed by atoms with E-state index < -0.39 is 18.3 Å². The van der Waals surface area contributed by atoms with E-state index in [1.54, 1.807) is 0 Å². The van der Waals surface area contributed by atoms with E-state index in [9.17, 15) is 15.3 Å². The van der Waals surface area contributed by atoms with Crippen molar-refractivity contribution < 1.29 is 24.8 Å². The van der Waals surface area contributed by atoms with Crippen molar-refractivity contribution in [2.75, 3.05) is 32.8 Å². The van der Waals surface area contributed by atoms with Crippen molar-refractivity contribution in [1.82, 2.24) is 4.90 Å². The quantitative estimate of drug-likeness (QED) is 0.696. The van der Waals surface area contributed by atoms with Gasteiger partial charge in [-0.15, -0.1) is 0 Å². The fourth-order valence-corrected chi connectivity index (χ4v) is 3.08. The number of β-amino-alcohol motifs (C(OH)–C–C–N with tert-alkyl or cyclic N) is 2. The molecule has 2 saturated heterocycles. The monoisotopic (exact) mass is 323 g/mol. The van der Waals surface area contributed by atoms with Crippen molar-refractivity contribution in [3.63, 3.8) is 0 Å². The molecule has 1 aromatic rings. The Balaban J connectivity index is 1.46. The number of nitrogens with zero attached hydrogens (tertiary/aromatic N) is 1. The van der Waals surface area contributed by atoms with Crippen molar-refractivity contribution in [2.24, 2.45) is 0 Å². The Bertz CT molecular complexity index is 476. The predicted molar refractivity (Wildman–Crippen MR) is 84.5 cm³/mol. The maximum Gasteiger partial charge on any atom is 0.124 e. The third kappa shape index (κ3) is 4.43. The minimum Gasteiger partial charge on any atom is -0.488 e. The van der Waals surface area contributed by atoms with Gasteiger partial charge in [0.2, 0.25) is 0 Å². The highest BCUT2D eigenvalue weighted by Gasteiger charge is 2.32. The molecule has 1 aromatic carbocycles. The summed E-state index contributed by atoms with van der Waals surface area (Å²) in [5.74, 6) is 0.858. The van der Waals surface area contributed by atoms with Gasteiger partial charge in [-0.2, -0.15) is 0 Å². The predicted octanol–water partition coefficient (Wildman–Crippen LogP) is -0.205. The normalized spacial score (nSPS) is 32.1. The maximum absolute atomic E-state index is 9.71. The van der Waals surface area contributed by atoms with E-state index in [2.05, 4.69) is 0 Å². The second kappa shape index (κ2) is 7.59. The molecular formula is C17H25NO5. The molecule has 2 aliphatic heterocycles. The van der Waals surface area contributed by atoms with Gasteiger partial charge in [0, 0.05) is 26.1 Å². The lowest BCUT2D eigenvalue weighted by atomic mass is 10.0. The second-order valence-corrected chi connectivity index (χ2v) is 6.38. The summed E-state index contributed by atoms with van der Waals surface area (Å²) < 4.78 is 11.1. The van der Waals surface area contributed by atoms with Crippen LogP contribution in [0.25, 0.3) is 0 Å². The molecule has 2 fully saturated rings. The second-order valence-electron chi connectivity index (χ2n) is 6.38. The minimum absolute atomic E-state index is 0.156. The summed E-state index contributed by atoms with van der Waals surface area (Å²) in [5.41, 5.74) is 1.18. The lowest BCUT2D eigenvalue weighted by Gasteiger charge is -2.36. The minimum atomic E-state index is -1.04. The summed E-state index contributed by atoms with van der Waals surface area (Å²) in [4.78, 5) is 1.97. The van der Waals surface area contributed by atoms with Crippen LogP contribution in [0.4, 0.5) is 0 Å². The van der Waals surface area contributed by atoms with Gasteiger partial charge in [-0.25, -0.2) is 0 Å². The van der Waals surface area contributed by atoms with Gasteiger partial charge in [-0.05, 0) is 24.1 Å². The van der Waals surface area contributed by atoms with E-state index in [4.69, 9.17) is 9.47 Å². The van der Waals surface area contributed by atoms with E-state index in [0.717, 1.165) is 31.7 Å². The Morgan fingerprint density at radius 3 is 2.39 bits per heavy atom. The van der Waals surface area contributed by atoms with Crippen LogP contribution in [0.3, 0.4) is 0 Å². The third-order valence-corrected chi connectivity index (χ3v) is 4.51. The molecule has 1 unspecified atom stereocenters. The number of ether oxygens (including phenoxy) is 2. The smallest absolute Gasteiger partial charge is 0.124 e. The largest absolute Gasteiger partial charge is 0.488 e. The first-order valence-corrected chi connectivity index (χ1v) is 8.22. The Morgan fingerprint density at radius 1 is 1.09 bits per heavy atom. The number of hydrogen-bond donors (Lipinski definition) is 3. The molecule has 128 valence electrons. The topological polar surface area (TPSA) is 82.4 Å². The summed E-state index contributed by atoms with van der Waals surface area (Å²) in [6, 6.07) is 8.02. The van der Waals surface area contributed by atoms with Crippen LogP contribution in [0.2, 0.25) is 0 Å². The molecule has 23 heavy (non-hydrogen) atoms. The zero-order chi connectivity index (χ0) is 16.2. The molecule has 0 bridgehead atoms. The molecule has 6 heteroatoms. The van der Waals surface area contributed by atoms with Gasteiger partial charge in [0.05, 0.1) is 25.4 Å². The Labute approximate surface area is 136 Å². The Hall–Kier alpha value is -1.18. The molecular weight excluding hydrogens is 298 g/mol. The summed E-state index contributed by atoms with van der Waals surface area (Å²) in [6.07, 6.45) is -0.896. The van der Waals surface area contributed by atoms with E-state index in [-0.39, 0.29) is 6.10 Å². The van der Waals surface area contributed by atoms with Crippen LogP contribution in [-0.2, 0) is 11.2 Å². The highest BCUT2D eigenvalue weighted by Crippen LogP contribution is 2.18. The van der Waals surface area contributed by atoms with Gasteiger partial charge in [-0.1, -0.05) is 12.1 Å². The molecule has 0 aromatic heterocycles. The number of aliphatic hydroxyl groups is 3. The zero-order valence-corrected chi connectivity index (χ0v) is 13.2. The van der Waals surface area contributed by atoms with Gasteiger partial charge >= 0.3 is 0 Å². The third-order valence-electron chi connectivity index (χ3n) is 4.51. The van der Waals surface area contributed by atoms with Gasteiger partial charge in [0.15, 0.2) is 0 Å². The molecule has 2 heterocycles. The van der Waals surface area contributed by atoms with Crippen molar-refractivity contribution in [2.45, 2.75) is 37.3 Å².